The minimum absolute atomic E-state index is 0.0504. The number of aliphatic hydroxyl groups is 1. The lowest BCUT2D eigenvalue weighted by molar-refractivity contribution is -0.133. The van der Waals surface area contributed by atoms with E-state index in [1.807, 2.05) is 6.07 Å². The summed E-state index contributed by atoms with van der Waals surface area (Å²) in [7, 11) is 0. The smallest absolute Gasteiger partial charge is 0.333 e. The SMILES string of the molecule is C[C@H](O)C(=O)C1CC[C@H](Oc2ccc(-c3ncnc(Nc4cnn(C(F)F)c4)n3)cc2C#N)[C@H](F)C1. The fraction of sp³-hybridized carbons (Fsp3) is 0.391. The Bertz CT molecular complexity index is 1280. The Morgan fingerprint density at radius 2 is 2.14 bits per heavy atom. The third-order valence-electron chi connectivity index (χ3n) is 5.79. The maximum Gasteiger partial charge on any atom is 0.333 e. The summed E-state index contributed by atoms with van der Waals surface area (Å²) in [5, 5.41) is 25.4. The van der Waals surface area contributed by atoms with Crippen LogP contribution < -0.4 is 10.1 Å². The van der Waals surface area contributed by atoms with E-state index in [1.165, 1.54) is 31.6 Å². The molecule has 2 aromatic heterocycles. The maximum absolute atomic E-state index is 14.7. The number of ketones is 1. The van der Waals surface area contributed by atoms with Gasteiger partial charge in [0.15, 0.2) is 11.6 Å². The lowest BCUT2D eigenvalue weighted by Crippen LogP contribution is -2.39. The lowest BCUT2D eigenvalue weighted by Gasteiger charge is -2.32. The largest absolute Gasteiger partial charge is 0.486 e. The van der Waals surface area contributed by atoms with Gasteiger partial charge in [-0.1, -0.05) is 0 Å². The van der Waals surface area contributed by atoms with Crippen molar-refractivity contribution in [3.05, 3.63) is 42.5 Å². The number of benzene rings is 1. The highest BCUT2D eigenvalue weighted by molar-refractivity contribution is 5.84. The molecule has 0 spiro atoms. The molecule has 1 fully saturated rings. The fourth-order valence-electron chi connectivity index (χ4n) is 3.98. The summed E-state index contributed by atoms with van der Waals surface area (Å²) in [6.07, 6.45) is 0.713. The number of rotatable bonds is 8. The van der Waals surface area contributed by atoms with Gasteiger partial charge in [0.2, 0.25) is 5.95 Å². The van der Waals surface area contributed by atoms with Crippen LogP contribution >= 0.6 is 0 Å². The van der Waals surface area contributed by atoms with Gasteiger partial charge in [0, 0.05) is 11.5 Å². The van der Waals surface area contributed by atoms with Gasteiger partial charge in [-0.15, -0.1) is 0 Å². The van der Waals surface area contributed by atoms with Gasteiger partial charge in [0.25, 0.3) is 0 Å². The molecule has 1 aromatic carbocycles. The van der Waals surface area contributed by atoms with Crippen LogP contribution in [-0.4, -0.2) is 54.0 Å². The molecule has 36 heavy (non-hydrogen) atoms. The summed E-state index contributed by atoms with van der Waals surface area (Å²) < 4.78 is 46.4. The summed E-state index contributed by atoms with van der Waals surface area (Å²) in [5.41, 5.74) is 0.838. The number of aliphatic hydroxyl groups excluding tert-OH is 1. The minimum Gasteiger partial charge on any atom is -0.486 e. The second-order valence-electron chi connectivity index (χ2n) is 8.33. The Hall–Kier alpha value is -4.05. The maximum atomic E-state index is 14.7. The third-order valence-corrected chi connectivity index (χ3v) is 5.79. The number of alkyl halides is 3. The van der Waals surface area contributed by atoms with Crippen molar-refractivity contribution in [2.45, 2.75) is 51.1 Å². The summed E-state index contributed by atoms with van der Waals surface area (Å²) in [6.45, 7) is -1.42. The van der Waals surface area contributed by atoms with Crippen molar-refractivity contribution in [3.63, 3.8) is 0 Å². The van der Waals surface area contributed by atoms with E-state index in [-0.39, 0.29) is 47.4 Å². The number of aromatic nitrogens is 5. The summed E-state index contributed by atoms with van der Waals surface area (Å²) in [4.78, 5) is 24.3. The fourth-order valence-corrected chi connectivity index (χ4v) is 3.98. The van der Waals surface area contributed by atoms with Crippen LogP contribution in [0.1, 0.15) is 38.3 Å². The topological polar surface area (TPSA) is 139 Å². The van der Waals surface area contributed by atoms with Gasteiger partial charge < -0.3 is 15.2 Å². The predicted molar refractivity (Wildman–Crippen MR) is 120 cm³/mol. The molecule has 10 nitrogen and oxygen atoms in total. The van der Waals surface area contributed by atoms with Gasteiger partial charge >= 0.3 is 6.55 Å². The Labute approximate surface area is 203 Å². The quantitative estimate of drug-likeness (QED) is 0.474. The van der Waals surface area contributed by atoms with Gasteiger partial charge in [0.1, 0.15) is 36.5 Å². The number of nitriles is 1. The normalized spacial score (nSPS) is 20.5. The highest BCUT2D eigenvalue weighted by atomic mass is 19.3. The molecule has 13 heteroatoms. The molecule has 188 valence electrons. The Kier molecular flexibility index (Phi) is 7.44. The number of ether oxygens (including phenoxy) is 1. The number of carbonyl (C=O) groups excluding carboxylic acids is 1. The van der Waals surface area contributed by atoms with Crippen molar-refractivity contribution in [1.82, 2.24) is 24.7 Å². The lowest BCUT2D eigenvalue weighted by atomic mass is 9.82. The zero-order chi connectivity index (χ0) is 25.8. The van der Waals surface area contributed by atoms with Gasteiger partial charge in [-0.25, -0.2) is 19.0 Å². The molecule has 1 unspecified atom stereocenters. The molecule has 3 aromatic rings. The van der Waals surface area contributed by atoms with Crippen LogP contribution in [0.2, 0.25) is 0 Å². The number of carbonyl (C=O) groups is 1. The molecule has 1 saturated carbocycles. The number of anilines is 2. The number of hydrogen-bond donors (Lipinski definition) is 2. The van der Waals surface area contributed by atoms with Crippen molar-refractivity contribution < 1.29 is 27.8 Å². The monoisotopic (exact) mass is 501 g/mol. The van der Waals surface area contributed by atoms with E-state index in [2.05, 4.69) is 25.4 Å². The number of hydrogen-bond acceptors (Lipinski definition) is 9. The van der Waals surface area contributed by atoms with Crippen molar-refractivity contribution in [2.75, 3.05) is 5.32 Å². The van der Waals surface area contributed by atoms with Crippen LogP contribution in [0.25, 0.3) is 11.4 Å². The number of nitrogens with zero attached hydrogens (tertiary/aromatic N) is 6. The van der Waals surface area contributed by atoms with Crippen molar-refractivity contribution >= 4 is 17.4 Å². The molecule has 2 N–H and O–H groups in total. The summed E-state index contributed by atoms with van der Waals surface area (Å²) in [5.74, 6) is -0.476. The molecule has 0 bridgehead atoms. The van der Waals surface area contributed by atoms with E-state index >= 15 is 0 Å². The second-order valence-corrected chi connectivity index (χ2v) is 8.33. The molecular weight excluding hydrogens is 479 g/mol. The first-order valence-corrected chi connectivity index (χ1v) is 11.1. The molecule has 4 atom stereocenters. The molecular formula is C23H22F3N7O3. The molecule has 4 rings (SSSR count). The van der Waals surface area contributed by atoms with E-state index < -0.39 is 30.8 Å². The van der Waals surface area contributed by atoms with Crippen LogP contribution in [0.15, 0.2) is 36.9 Å². The van der Waals surface area contributed by atoms with Crippen LogP contribution in [0.3, 0.4) is 0 Å². The first kappa shape index (κ1) is 25.1. The van der Waals surface area contributed by atoms with Crippen LogP contribution in [-0.2, 0) is 4.79 Å². The van der Waals surface area contributed by atoms with Crippen LogP contribution in [0.5, 0.6) is 5.75 Å². The Morgan fingerprint density at radius 3 is 2.81 bits per heavy atom. The van der Waals surface area contributed by atoms with E-state index in [0.29, 0.717) is 16.7 Å². The van der Waals surface area contributed by atoms with Crippen molar-refractivity contribution in [2.24, 2.45) is 5.92 Å². The molecule has 0 radical (unpaired) electrons. The van der Waals surface area contributed by atoms with E-state index in [1.54, 1.807) is 6.07 Å². The molecule has 0 saturated heterocycles. The standard InChI is InChI=1S/C23H22F3N7O3/c1-12(34)20(35)13-2-5-19(17(24)7-13)36-18-4-3-14(6-15(18)8-27)21-28-11-29-23(32-21)31-16-9-30-33(10-16)22(25)26/h3-4,6,9-13,17,19,22,34H,2,5,7H2,1H3,(H,28,29,31,32)/t12-,13?,17+,19-/m0/s1. The second kappa shape index (κ2) is 10.7. The zero-order valence-electron chi connectivity index (χ0n) is 19.1. The molecule has 2 heterocycles. The molecule has 0 amide bonds. The third kappa shape index (κ3) is 5.60. The predicted octanol–water partition coefficient (Wildman–Crippen LogP) is 3.58. The first-order chi connectivity index (χ1) is 17.2. The van der Waals surface area contributed by atoms with E-state index in [0.717, 1.165) is 6.20 Å². The van der Waals surface area contributed by atoms with Crippen molar-refractivity contribution in [1.29, 1.82) is 5.26 Å². The average molecular weight is 501 g/mol. The van der Waals surface area contributed by atoms with Gasteiger partial charge in [0.05, 0.1) is 23.6 Å². The van der Waals surface area contributed by atoms with E-state index in [4.69, 9.17) is 4.74 Å². The summed E-state index contributed by atoms with van der Waals surface area (Å²) in [6, 6.07) is 6.61. The molecule has 0 aliphatic heterocycles. The van der Waals surface area contributed by atoms with E-state index in [9.17, 15) is 28.3 Å². The Morgan fingerprint density at radius 1 is 1.33 bits per heavy atom. The molecule has 1 aliphatic rings. The average Bonchev–Trinajstić information content (AvgIpc) is 3.34. The van der Waals surface area contributed by atoms with Gasteiger partial charge in [-0.2, -0.15) is 24.1 Å². The van der Waals surface area contributed by atoms with Crippen molar-refractivity contribution in [3.8, 4) is 23.2 Å². The number of halogens is 3. The number of nitrogens with one attached hydrogen (secondary N) is 1. The van der Waals surface area contributed by atoms with Gasteiger partial charge in [-0.3, -0.25) is 4.79 Å². The Balaban J connectivity index is 1.47. The van der Waals surface area contributed by atoms with Gasteiger partial charge in [-0.05, 0) is 44.4 Å². The van der Waals surface area contributed by atoms with Crippen LogP contribution in [0.4, 0.5) is 24.8 Å². The molecule has 1 aliphatic carbocycles. The van der Waals surface area contributed by atoms with Crippen LogP contribution in [0, 0.1) is 17.2 Å². The zero-order valence-corrected chi connectivity index (χ0v) is 19.1. The highest BCUT2D eigenvalue weighted by Gasteiger charge is 2.36. The highest BCUT2D eigenvalue weighted by Crippen LogP contribution is 2.33. The number of Topliss-reactive ketones (excluding diaryl/α,β-unsaturated/α-hetero) is 1. The first-order valence-electron chi connectivity index (χ1n) is 11.1. The summed E-state index contributed by atoms with van der Waals surface area (Å²) >= 11 is 0. The minimum atomic E-state index is -2.78.